The summed E-state index contributed by atoms with van der Waals surface area (Å²) in [7, 11) is 2.07. The summed E-state index contributed by atoms with van der Waals surface area (Å²) in [6.45, 7) is 2.08. The van der Waals surface area contributed by atoms with Crippen LogP contribution in [0.3, 0.4) is 0 Å². The van der Waals surface area contributed by atoms with Gasteiger partial charge in [-0.2, -0.15) is 0 Å². The Morgan fingerprint density at radius 3 is 3.00 bits per heavy atom. The Morgan fingerprint density at radius 2 is 2.43 bits per heavy atom. The van der Waals surface area contributed by atoms with E-state index in [4.69, 9.17) is 10.8 Å². The summed E-state index contributed by atoms with van der Waals surface area (Å²) in [5.41, 5.74) is 5.88. The second kappa shape index (κ2) is 5.12. The van der Waals surface area contributed by atoms with Crippen molar-refractivity contribution in [3.63, 3.8) is 0 Å². The number of hydrogen-bond acceptors (Lipinski definition) is 3. The highest BCUT2D eigenvalue weighted by molar-refractivity contribution is 5.79. The molecule has 3 N–H and O–H groups in total. The van der Waals surface area contributed by atoms with E-state index in [1.54, 1.807) is 6.08 Å². The van der Waals surface area contributed by atoms with Crippen LogP contribution in [0, 0.1) is 5.92 Å². The second-order valence-corrected chi connectivity index (χ2v) is 3.94. The van der Waals surface area contributed by atoms with E-state index < -0.39 is 5.97 Å². The summed E-state index contributed by atoms with van der Waals surface area (Å²) < 4.78 is 0. The van der Waals surface area contributed by atoms with E-state index in [9.17, 15) is 4.79 Å². The van der Waals surface area contributed by atoms with Crippen LogP contribution in [0.25, 0.3) is 0 Å². The molecule has 80 valence electrons. The van der Waals surface area contributed by atoms with E-state index in [0.717, 1.165) is 32.0 Å². The van der Waals surface area contributed by atoms with Crippen LogP contribution in [0.15, 0.2) is 12.2 Å². The van der Waals surface area contributed by atoms with E-state index in [0.29, 0.717) is 5.92 Å². The SMILES string of the molecule is CN1CCCC(C(N)/C=C/C(=O)O)C1. The predicted octanol–water partition coefficient (Wildman–Crippen LogP) is 0.296. The number of rotatable bonds is 3. The van der Waals surface area contributed by atoms with Gasteiger partial charge in [0.1, 0.15) is 0 Å². The number of likely N-dealkylation sites (tertiary alicyclic amines) is 1. The van der Waals surface area contributed by atoms with Gasteiger partial charge in [0.15, 0.2) is 0 Å². The van der Waals surface area contributed by atoms with Crippen molar-refractivity contribution >= 4 is 5.97 Å². The second-order valence-electron chi connectivity index (χ2n) is 3.94. The van der Waals surface area contributed by atoms with Crippen molar-refractivity contribution in [2.75, 3.05) is 20.1 Å². The van der Waals surface area contributed by atoms with Gasteiger partial charge in [0.25, 0.3) is 0 Å². The molecule has 1 saturated heterocycles. The third-order valence-corrected chi connectivity index (χ3v) is 2.67. The zero-order chi connectivity index (χ0) is 10.6. The minimum absolute atomic E-state index is 0.131. The lowest BCUT2D eigenvalue weighted by atomic mass is 9.91. The summed E-state index contributed by atoms with van der Waals surface area (Å²) in [5, 5.41) is 8.46. The highest BCUT2D eigenvalue weighted by Gasteiger charge is 2.21. The molecule has 0 aliphatic carbocycles. The average molecular weight is 198 g/mol. The average Bonchev–Trinajstić information content (AvgIpc) is 2.14. The van der Waals surface area contributed by atoms with Gasteiger partial charge in [-0.25, -0.2) is 4.79 Å². The molecule has 0 amide bonds. The van der Waals surface area contributed by atoms with E-state index >= 15 is 0 Å². The zero-order valence-electron chi connectivity index (χ0n) is 8.52. The van der Waals surface area contributed by atoms with Gasteiger partial charge in [0, 0.05) is 18.7 Å². The van der Waals surface area contributed by atoms with Gasteiger partial charge in [-0.3, -0.25) is 0 Å². The van der Waals surface area contributed by atoms with Gasteiger partial charge >= 0.3 is 5.97 Å². The minimum atomic E-state index is -0.926. The maximum Gasteiger partial charge on any atom is 0.328 e. The van der Waals surface area contributed by atoms with Crippen LogP contribution in [0.4, 0.5) is 0 Å². The maximum atomic E-state index is 10.3. The van der Waals surface area contributed by atoms with Crippen molar-refractivity contribution in [3.05, 3.63) is 12.2 Å². The molecule has 0 bridgehead atoms. The fraction of sp³-hybridized carbons (Fsp3) is 0.700. The van der Waals surface area contributed by atoms with Crippen LogP contribution in [0.1, 0.15) is 12.8 Å². The lowest BCUT2D eigenvalue weighted by Crippen LogP contribution is -2.41. The molecule has 0 aromatic heterocycles. The number of aliphatic carboxylic acids is 1. The summed E-state index contributed by atoms with van der Waals surface area (Å²) in [6.07, 6.45) is 4.97. The molecule has 1 heterocycles. The number of hydrogen-bond donors (Lipinski definition) is 2. The third kappa shape index (κ3) is 3.47. The Morgan fingerprint density at radius 1 is 1.71 bits per heavy atom. The Kier molecular flexibility index (Phi) is 4.10. The first-order valence-electron chi connectivity index (χ1n) is 4.95. The molecule has 4 heteroatoms. The molecule has 0 saturated carbocycles. The third-order valence-electron chi connectivity index (χ3n) is 2.67. The Hall–Kier alpha value is -0.870. The van der Waals surface area contributed by atoms with Crippen molar-refractivity contribution in [3.8, 4) is 0 Å². The smallest absolute Gasteiger partial charge is 0.328 e. The van der Waals surface area contributed by atoms with E-state index in [1.165, 1.54) is 0 Å². The number of carbonyl (C=O) groups is 1. The van der Waals surface area contributed by atoms with Crippen LogP contribution in [-0.2, 0) is 4.79 Å². The molecule has 0 aromatic carbocycles. The van der Waals surface area contributed by atoms with Crippen LogP contribution >= 0.6 is 0 Å². The topological polar surface area (TPSA) is 66.6 Å². The minimum Gasteiger partial charge on any atom is -0.478 e. The Balaban J connectivity index is 2.43. The molecule has 0 spiro atoms. The molecular weight excluding hydrogens is 180 g/mol. The van der Waals surface area contributed by atoms with E-state index in [1.807, 2.05) is 0 Å². The summed E-state index contributed by atoms with van der Waals surface area (Å²) in [4.78, 5) is 12.5. The molecule has 1 fully saturated rings. The first kappa shape index (κ1) is 11.2. The predicted molar refractivity (Wildman–Crippen MR) is 55.0 cm³/mol. The molecule has 1 aliphatic rings. The lowest BCUT2D eigenvalue weighted by molar-refractivity contribution is -0.131. The van der Waals surface area contributed by atoms with Gasteiger partial charge in [0.2, 0.25) is 0 Å². The van der Waals surface area contributed by atoms with Crippen molar-refractivity contribution in [2.45, 2.75) is 18.9 Å². The Bertz CT molecular complexity index is 228. The number of carboxylic acids is 1. The molecule has 4 nitrogen and oxygen atoms in total. The Labute approximate surface area is 84.4 Å². The molecule has 0 aromatic rings. The maximum absolute atomic E-state index is 10.3. The molecule has 14 heavy (non-hydrogen) atoms. The van der Waals surface area contributed by atoms with Gasteiger partial charge < -0.3 is 15.7 Å². The number of nitrogens with zero attached hydrogens (tertiary/aromatic N) is 1. The number of piperidine rings is 1. The van der Waals surface area contributed by atoms with Crippen LogP contribution < -0.4 is 5.73 Å². The zero-order valence-corrected chi connectivity index (χ0v) is 8.52. The fourth-order valence-electron chi connectivity index (χ4n) is 1.87. The highest BCUT2D eigenvalue weighted by Crippen LogP contribution is 2.18. The monoisotopic (exact) mass is 198 g/mol. The van der Waals surface area contributed by atoms with Gasteiger partial charge in [-0.05, 0) is 32.4 Å². The van der Waals surface area contributed by atoms with E-state index in [2.05, 4.69) is 11.9 Å². The molecule has 0 radical (unpaired) electrons. The molecule has 1 aliphatic heterocycles. The van der Waals surface area contributed by atoms with Crippen LogP contribution in [0.5, 0.6) is 0 Å². The van der Waals surface area contributed by atoms with Gasteiger partial charge in [-0.15, -0.1) is 0 Å². The number of nitrogens with two attached hydrogens (primary N) is 1. The van der Waals surface area contributed by atoms with Gasteiger partial charge in [0.05, 0.1) is 0 Å². The molecular formula is C10H18N2O2. The van der Waals surface area contributed by atoms with Crippen LogP contribution in [-0.4, -0.2) is 42.2 Å². The summed E-state index contributed by atoms with van der Waals surface area (Å²) >= 11 is 0. The van der Waals surface area contributed by atoms with Crippen LogP contribution in [0.2, 0.25) is 0 Å². The lowest BCUT2D eigenvalue weighted by Gasteiger charge is -2.32. The molecule has 1 rings (SSSR count). The normalized spacial score (nSPS) is 26.6. The quantitative estimate of drug-likeness (QED) is 0.640. The van der Waals surface area contributed by atoms with E-state index in [-0.39, 0.29) is 6.04 Å². The first-order chi connectivity index (χ1) is 6.59. The van der Waals surface area contributed by atoms with Crippen molar-refractivity contribution in [1.29, 1.82) is 0 Å². The molecule has 2 atom stereocenters. The first-order valence-corrected chi connectivity index (χ1v) is 4.95. The van der Waals surface area contributed by atoms with Crippen molar-refractivity contribution < 1.29 is 9.90 Å². The van der Waals surface area contributed by atoms with Crippen molar-refractivity contribution in [2.24, 2.45) is 11.7 Å². The number of carboxylic acid groups (broad SMARTS) is 1. The summed E-state index contributed by atoms with van der Waals surface area (Å²) in [6, 6.07) is -0.131. The largest absolute Gasteiger partial charge is 0.478 e. The standard InChI is InChI=1S/C10H18N2O2/c1-12-6-2-3-8(7-12)9(11)4-5-10(13)14/h4-5,8-9H,2-3,6-7,11H2,1H3,(H,13,14)/b5-4+. The fourth-order valence-corrected chi connectivity index (χ4v) is 1.87. The highest BCUT2D eigenvalue weighted by atomic mass is 16.4. The summed E-state index contributed by atoms with van der Waals surface area (Å²) in [5.74, 6) is -0.533. The van der Waals surface area contributed by atoms with Gasteiger partial charge in [-0.1, -0.05) is 6.08 Å². The molecule has 2 unspecified atom stereocenters. The van der Waals surface area contributed by atoms with Crippen molar-refractivity contribution in [1.82, 2.24) is 4.90 Å².